The zero-order valence-corrected chi connectivity index (χ0v) is 37.8. The largest absolute Gasteiger partial charge is 0.333 e. The fourth-order valence-electron chi connectivity index (χ4n) is 11.5. The molecule has 4 heterocycles. The van der Waals surface area contributed by atoms with Gasteiger partial charge in [-0.15, -0.1) is 0 Å². The Morgan fingerprint density at radius 2 is 1.03 bits per heavy atom. The molecule has 5 nitrogen and oxygen atoms in total. The Labute approximate surface area is 400 Å². The molecule has 0 radical (unpaired) electrons. The predicted octanol–water partition coefficient (Wildman–Crippen LogP) is 15.6. The highest BCUT2D eigenvalue weighted by Crippen LogP contribution is 2.49. The lowest BCUT2D eigenvalue weighted by Crippen LogP contribution is -2.28. The maximum Gasteiger partial charge on any atom is 0.160 e. The van der Waals surface area contributed by atoms with E-state index in [1.165, 1.54) is 61.0 Å². The lowest BCUT2D eigenvalue weighted by Gasteiger charge is -2.31. The molecule has 69 heavy (non-hydrogen) atoms. The van der Waals surface area contributed by atoms with E-state index in [0.29, 0.717) is 5.82 Å². The van der Waals surface area contributed by atoms with E-state index in [1.807, 2.05) is 6.07 Å². The summed E-state index contributed by atoms with van der Waals surface area (Å²) in [5.41, 5.74) is 19.7. The SMILES string of the molecule is C1=CC(C2=CCC3C(=C2)c2ccccc2N3c2ccccc2)Cc2c1n(-c1cc(-c3cc(-c4ccccc4)nc(-c4ccccc4)n3)cc(-n3c4ccccc4c4ccccc43)c1)c1ccccc21. The molecule has 5 heteroatoms. The molecule has 0 saturated carbocycles. The Kier molecular flexibility index (Phi) is 9.09. The molecule has 326 valence electrons. The van der Waals surface area contributed by atoms with Crippen LogP contribution in [0.5, 0.6) is 0 Å². The number of nitrogens with zero attached hydrogens (tertiary/aromatic N) is 5. The van der Waals surface area contributed by atoms with Gasteiger partial charge in [0.15, 0.2) is 5.82 Å². The van der Waals surface area contributed by atoms with Crippen LogP contribution in [-0.2, 0) is 6.42 Å². The molecule has 0 amide bonds. The lowest BCUT2D eigenvalue weighted by atomic mass is 9.81. The third kappa shape index (κ3) is 6.46. The molecule has 2 aliphatic carbocycles. The van der Waals surface area contributed by atoms with Crippen LogP contribution in [0.3, 0.4) is 0 Å². The van der Waals surface area contributed by atoms with Crippen LogP contribution in [0.2, 0.25) is 0 Å². The monoisotopic (exact) mass is 883 g/mol. The standard InChI is InChI=1S/C64H45N5/c1-4-18-42(19-5-1)56-41-57(66-64(65-56)43-20-6-2-7-21-43)46-36-48(68-58-28-14-10-24-50(58)51-25-11-15-29-59(51)68)40-49(37-46)69-61-31-17-13-27-53(61)55-39-45(33-35-63(55)69)44-32-34-62-54(38-44)52-26-12-16-30-60(52)67(62)47-22-8-3-9-23-47/h1-33,35-38,40-41,45,62H,34,39H2. The highest BCUT2D eigenvalue weighted by molar-refractivity contribution is 6.09. The van der Waals surface area contributed by atoms with Crippen molar-refractivity contribution >= 4 is 55.7 Å². The fourth-order valence-corrected chi connectivity index (χ4v) is 11.5. The first kappa shape index (κ1) is 39.4. The van der Waals surface area contributed by atoms with Gasteiger partial charge in [0.05, 0.1) is 34.0 Å². The summed E-state index contributed by atoms with van der Waals surface area (Å²) < 4.78 is 4.92. The van der Waals surface area contributed by atoms with E-state index in [0.717, 1.165) is 63.3 Å². The van der Waals surface area contributed by atoms with Crippen LogP contribution in [0.15, 0.2) is 236 Å². The van der Waals surface area contributed by atoms with Gasteiger partial charge in [0.2, 0.25) is 0 Å². The van der Waals surface area contributed by atoms with Crippen LogP contribution in [0, 0.1) is 5.92 Å². The van der Waals surface area contributed by atoms with E-state index in [2.05, 4.69) is 245 Å². The van der Waals surface area contributed by atoms with Gasteiger partial charge >= 0.3 is 0 Å². The summed E-state index contributed by atoms with van der Waals surface area (Å²) in [6.45, 7) is 0. The van der Waals surface area contributed by atoms with E-state index < -0.39 is 0 Å². The molecular weight excluding hydrogens is 839 g/mol. The van der Waals surface area contributed by atoms with Crippen LogP contribution in [0.25, 0.3) is 89.6 Å². The van der Waals surface area contributed by atoms with Crippen molar-refractivity contribution in [1.82, 2.24) is 19.1 Å². The van der Waals surface area contributed by atoms with Crippen LogP contribution in [0.4, 0.5) is 11.4 Å². The average molecular weight is 884 g/mol. The van der Waals surface area contributed by atoms with Gasteiger partial charge in [0.1, 0.15) is 0 Å². The van der Waals surface area contributed by atoms with E-state index in [9.17, 15) is 0 Å². The quantitative estimate of drug-likeness (QED) is 0.160. The second-order valence-electron chi connectivity index (χ2n) is 18.5. The first-order chi connectivity index (χ1) is 34.2. The van der Waals surface area contributed by atoms with Gasteiger partial charge in [-0.25, -0.2) is 9.97 Å². The smallest absolute Gasteiger partial charge is 0.160 e. The number of fused-ring (bicyclic) bond motifs is 9. The number of rotatable bonds is 7. The third-order valence-corrected chi connectivity index (χ3v) is 14.6. The lowest BCUT2D eigenvalue weighted by molar-refractivity contribution is 0.737. The summed E-state index contributed by atoms with van der Waals surface area (Å²) in [6, 6.07) is 76.5. The van der Waals surface area contributed by atoms with E-state index in [-0.39, 0.29) is 12.0 Å². The van der Waals surface area contributed by atoms with Gasteiger partial charge in [-0.05, 0) is 96.3 Å². The zero-order chi connectivity index (χ0) is 45.4. The Hall–Kier alpha value is -8.80. The minimum Gasteiger partial charge on any atom is -0.333 e. The van der Waals surface area contributed by atoms with Gasteiger partial charge in [0.25, 0.3) is 0 Å². The summed E-state index contributed by atoms with van der Waals surface area (Å²) in [5, 5.41) is 3.74. The molecule has 2 unspecified atom stereocenters. The molecule has 3 aromatic heterocycles. The van der Waals surface area contributed by atoms with Gasteiger partial charge in [-0.2, -0.15) is 0 Å². The minimum absolute atomic E-state index is 0.247. The van der Waals surface area contributed by atoms with Crippen LogP contribution in [-0.4, -0.2) is 25.1 Å². The molecule has 0 spiro atoms. The van der Waals surface area contributed by atoms with Crippen molar-refractivity contribution in [2.45, 2.75) is 18.9 Å². The van der Waals surface area contributed by atoms with Crippen LogP contribution in [0.1, 0.15) is 23.2 Å². The molecule has 0 bridgehead atoms. The number of benzene rings is 8. The number of allylic oxidation sites excluding steroid dienone is 3. The number of aromatic nitrogens is 4. The minimum atomic E-state index is 0.247. The van der Waals surface area contributed by atoms with E-state index in [4.69, 9.17) is 9.97 Å². The summed E-state index contributed by atoms with van der Waals surface area (Å²) in [5.74, 6) is 0.942. The Morgan fingerprint density at radius 1 is 0.464 bits per heavy atom. The van der Waals surface area contributed by atoms with E-state index in [1.54, 1.807) is 0 Å². The molecular formula is C64H45N5. The molecule has 14 rings (SSSR count). The Balaban J connectivity index is 0.941. The first-order valence-electron chi connectivity index (χ1n) is 24.0. The van der Waals surface area contributed by atoms with Crippen LogP contribution < -0.4 is 4.90 Å². The maximum atomic E-state index is 5.38. The predicted molar refractivity (Wildman–Crippen MR) is 285 cm³/mol. The number of anilines is 2. The van der Waals surface area contributed by atoms with Crippen molar-refractivity contribution in [3.05, 3.63) is 253 Å². The summed E-state index contributed by atoms with van der Waals surface area (Å²) in [7, 11) is 0. The number of hydrogen-bond donors (Lipinski definition) is 0. The van der Waals surface area contributed by atoms with Crippen molar-refractivity contribution in [3.63, 3.8) is 0 Å². The van der Waals surface area contributed by atoms with Crippen molar-refractivity contribution < 1.29 is 0 Å². The van der Waals surface area contributed by atoms with Crippen molar-refractivity contribution in [3.8, 4) is 45.3 Å². The van der Waals surface area contributed by atoms with Gasteiger partial charge < -0.3 is 14.0 Å². The van der Waals surface area contributed by atoms with Gasteiger partial charge in [-0.1, -0.05) is 170 Å². The topological polar surface area (TPSA) is 38.9 Å². The second kappa shape index (κ2) is 15.9. The van der Waals surface area contributed by atoms with Crippen molar-refractivity contribution in [2.24, 2.45) is 5.92 Å². The highest BCUT2D eigenvalue weighted by Gasteiger charge is 2.37. The second-order valence-corrected chi connectivity index (χ2v) is 18.5. The van der Waals surface area contributed by atoms with Gasteiger partial charge in [0, 0.05) is 72.8 Å². The first-order valence-corrected chi connectivity index (χ1v) is 24.0. The Bertz CT molecular complexity index is 3800. The number of hydrogen-bond acceptors (Lipinski definition) is 3. The fraction of sp³-hybridized carbons (Fsp3) is 0.0625. The maximum absolute atomic E-state index is 5.38. The molecule has 0 fully saturated rings. The zero-order valence-electron chi connectivity index (χ0n) is 37.8. The molecule has 3 aliphatic rings. The van der Waals surface area contributed by atoms with Crippen LogP contribution >= 0.6 is 0 Å². The van der Waals surface area contributed by atoms with E-state index >= 15 is 0 Å². The highest BCUT2D eigenvalue weighted by atomic mass is 15.2. The normalized spacial score (nSPS) is 16.1. The summed E-state index contributed by atoms with van der Waals surface area (Å²) >= 11 is 0. The molecule has 1 aliphatic heterocycles. The number of para-hydroxylation sites is 5. The average Bonchev–Trinajstić information content (AvgIpc) is 4.07. The summed E-state index contributed by atoms with van der Waals surface area (Å²) in [6.07, 6.45) is 11.7. The molecule has 0 saturated heterocycles. The van der Waals surface area contributed by atoms with Gasteiger partial charge in [-0.3, -0.25) is 0 Å². The molecule has 11 aromatic rings. The Morgan fingerprint density at radius 3 is 1.74 bits per heavy atom. The third-order valence-electron chi connectivity index (χ3n) is 14.6. The molecule has 8 aromatic carbocycles. The summed E-state index contributed by atoms with van der Waals surface area (Å²) in [4.78, 5) is 13.1. The van der Waals surface area contributed by atoms with Crippen molar-refractivity contribution in [2.75, 3.05) is 4.90 Å². The molecule has 2 atom stereocenters. The molecule has 0 N–H and O–H groups in total. The van der Waals surface area contributed by atoms with Crippen molar-refractivity contribution in [1.29, 1.82) is 0 Å².